The van der Waals surface area contributed by atoms with Gasteiger partial charge in [0.25, 0.3) is 0 Å². The molecule has 1 aliphatic heterocycles. The normalized spacial score (nSPS) is 17.3. The summed E-state index contributed by atoms with van der Waals surface area (Å²) in [6.45, 7) is -1.27. The van der Waals surface area contributed by atoms with Gasteiger partial charge >= 0.3 is 6.55 Å². The lowest BCUT2D eigenvalue weighted by Gasteiger charge is -2.32. The Hall–Kier alpha value is -3.50. The largest absolute Gasteiger partial charge is 0.494 e. The summed E-state index contributed by atoms with van der Waals surface area (Å²) < 4.78 is 33.3. The minimum absolute atomic E-state index is 0.0357. The van der Waals surface area contributed by atoms with Crippen LogP contribution in [0.2, 0.25) is 0 Å². The second-order valence-electron chi connectivity index (χ2n) is 7.27. The SMILES string of the molecule is COc1cccc2c1nc(N)n1nc([C@@H]3CCCN(c4cnn(C(F)F)c4)C3)nc21. The van der Waals surface area contributed by atoms with Gasteiger partial charge in [-0.25, -0.2) is 14.6 Å². The summed E-state index contributed by atoms with van der Waals surface area (Å²) in [5.74, 6) is 1.54. The van der Waals surface area contributed by atoms with Crippen LogP contribution in [0, 0.1) is 0 Å². The van der Waals surface area contributed by atoms with E-state index >= 15 is 0 Å². The number of para-hydroxylation sites is 1. The molecule has 4 aromatic rings. The van der Waals surface area contributed by atoms with Gasteiger partial charge < -0.3 is 15.4 Å². The molecule has 0 amide bonds. The first-order chi connectivity index (χ1) is 14.5. The minimum Gasteiger partial charge on any atom is -0.494 e. The molecule has 2 N–H and O–H groups in total. The highest BCUT2D eigenvalue weighted by Crippen LogP contribution is 2.32. The van der Waals surface area contributed by atoms with Crippen LogP contribution < -0.4 is 15.4 Å². The number of piperidine rings is 1. The van der Waals surface area contributed by atoms with Crippen molar-refractivity contribution in [2.45, 2.75) is 25.3 Å². The fourth-order valence-corrected chi connectivity index (χ4v) is 4.00. The molecule has 9 nitrogen and oxygen atoms in total. The molecule has 1 atom stereocenters. The zero-order valence-corrected chi connectivity index (χ0v) is 16.2. The number of nitrogen functional groups attached to an aromatic ring is 1. The van der Waals surface area contributed by atoms with Crippen molar-refractivity contribution in [1.82, 2.24) is 29.4 Å². The third-order valence-corrected chi connectivity index (χ3v) is 5.47. The van der Waals surface area contributed by atoms with Gasteiger partial charge in [-0.05, 0) is 25.0 Å². The number of aromatic nitrogens is 6. The van der Waals surface area contributed by atoms with Gasteiger partial charge in [0.05, 0.1) is 25.2 Å². The maximum atomic E-state index is 12.9. The Labute approximate surface area is 170 Å². The number of anilines is 2. The van der Waals surface area contributed by atoms with E-state index < -0.39 is 6.55 Å². The predicted octanol–water partition coefficient (Wildman–Crippen LogP) is 2.84. The number of halogens is 2. The first-order valence-corrected chi connectivity index (χ1v) is 9.61. The predicted molar refractivity (Wildman–Crippen MR) is 107 cm³/mol. The number of ether oxygens (including phenoxy) is 1. The van der Waals surface area contributed by atoms with E-state index in [1.54, 1.807) is 11.6 Å². The summed E-state index contributed by atoms with van der Waals surface area (Å²) in [4.78, 5) is 11.2. The molecule has 3 aromatic heterocycles. The molecule has 4 heterocycles. The van der Waals surface area contributed by atoms with Gasteiger partial charge in [0.1, 0.15) is 11.3 Å². The van der Waals surface area contributed by atoms with E-state index in [0.29, 0.717) is 39.7 Å². The summed E-state index contributed by atoms with van der Waals surface area (Å²) >= 11 is 0. The van der Waals surface area contributed by atoms with E-state index in [4.69, 9.17) is 15.5 Å². The third kappa shape index (κ3) is 2.97. The number of benzene rings is 1. The van der Waals surface area contributed by atoms with Crippen LogP contribution in [0.4, 0.5) is 20.4 Å². The van der Waals surface area contributed by atoms with Crippen LogP contribution in [0.15, 0.2) is 30.6 Å². The number of methoxy groups -OCH3 is 1. The van der Waals surface area contributed by atoms with Crippen molar-refractivity contribution in [3.8, 4) is 5.75 Å². The second-order valence-corrected chi connectivity index (χ2v) is 7.27. The highest BCUT2D eigenvalue weighted by Gasteiger charge is 2.27. The zero-order valence-electron chi connectivity index (χ0n) is 16.2. The Bertz CT molecular complexity index is 1220. The van der Waals surface area contributed by atoms with Crippen LogP contribution in [0.1, 0.15) is 31.1 Å². The Kier molecular flexibility index (Phi) is 4.37. The number of hydrogen-bond donors (Lipinski definition) is 1. The summed E-state index contributed by atoms with van der Waals surface area (Å²) in [6, 6.07) is 5.60. The van der Waals surface area contributed by atoms with Crippen molar-refractivity contribution >= 4 is 28.2 Å². The van der Waals surface area contributed by atoms with E-state index in [-0.39, 0.29) is 11.9 Å². The topological polar surface area (TPSA) is 99.4 Å². The van der Waals surface area contributed by atoms with Gasteiger partial charge in [-0.2, -0.15) is 18.4 Å². The number of fused-ring (bicyclic) bond motifs is 3. The van der Waals surface area contributed by atoms with E-state index in [9.17, 15) is 8.78 Å². The summed E-state index contributed by atoms with van der Waals surface area (Å²) in [6.07, 6.45) is 4.62. The van der Waals surface area contributed by atoms with Crippen LogP contribution in [-0.4, -0.2) is 49.6 Å². The molecule has 5 rings (SSSR count). The van der Waals surface area contributed by atoms with Crippen molar-refractivity contribution in [1.29, 1.82) is 0 Å². The number of nitrogens with two attached hydrogens (primary N) is 1. The lowest BCUT2D eigenvalue weighted by atomic mass is 9.97. The molecule has 0 unspecified atom stereocenters. The average Bonchev–Trinajstić information content (AvgIpc) is 3.42. The number of nitrogens with zero attached hydrogens (tertiary/aromatic N) is 7. The van der Waals surface area contributed by atoms with E-state index in [2.05, 4.69) is 15.2 Å². The Morgan fingerprint density at radius 3 is 2.90 bits per heavy atom. The van der Waals surface area contributed by atoms with E-state index in [1.807, 2.05) is 23.1 Å². The van der Waals surface area contributed by atoms with Crippen LogP contribution >= 0.6 is 0 Å². The number of hydrogen-bond acceptors (Lipinski definition) is 7. The fraction of sp³-hybridized carbons (Fsp3) is 0.368. The van der Waals surface area contributed by atoms with Crippen molar-refractivity contribution in [2.24, 2.45) is 0 Å². The van der Waals surface area contributed by atoms with Gasteiger partial charge in [-0.1, -0.05) is 6.07 Å². The van der Waals surface area contributed by atoms with Crippen molar-refractivity contribution in [3.05, 3.63) is 36.4 Å². The molecule has 0 bridgehead atoms. The average molecular weight is 414 g/mol. The van der Waals surface area contributed by atoms with Gasteiger partial charge in [-0.3, -0.25) is 0 Å². The zero-order chi connectivity index (χ0) is 20.8. The Balaban J connectivity index is 1.51. The molecule has 11 heteroatoms. The summed E-state index contributed by atoms with van der Waals surface area (Å²) in [7, 11) is 1.58. The highest BCUT2D eigenvalue weighted by molar-refractivity contribution is 5.95. The van der Waals surface area contributed by atoms with Crippen LogP contribution in [0.5, 0.6) is 5.75 Å². The maximum Gasteiger partial charge on any atom is 0.333 e. The van der Waals surface area contributed by atoms with Gasteiger partial charge in [0.2, 0.25) is 5.95 Å². The molecule has 0 saturated carbocycles. The van der Waals surface area contributed by atoms with Gasteiger partial charge in [-0.15, -0.1) is 5.10 Å². The highest BCUT2D eigenvalue weighted by atomic mass is 19.3. The van der Waals surface area contributed by atoms with Gasteiger partial charge in [0, 0.05) is 24.4 Å². The van der Waals surface area contributed by atoms with Gasteiger partial charge in [0.15, 0.2) is 11.5 Å². The Morgan fingerprint density at radius 2 is 2.13 bits per heavy atom. The van der Waals surface area contributed by atoms with Crippen molar-refractivity contribution in [3.63, 3.8) is 0 Å². The first kappa shape index (κ1) is 18.5. The molecule has 30 heavy (non-hydrogen) atoms. The van der Waals surface area contributed by atoms with Crippen LogP contribution in [-0.2, 0) is 0 Å². The van der Waals surface area contributed by atoms with Crippen LogP contribution in [0.25, 0.3) is 16.6 Å². The summed E-state index contributed by atoms with van der Waals surface area (Å²) in [5.41, 5.74) is 8.06. The summed E-state index contributed by atoms with van der Waals surface area (Å²) in [5, 5.41) is 9.15. The molecule has 0 spiro atoms. The maximum absolute atomic E-state index is 12.9. The fourth-order valence-electron chi connectivity index (χ4n) is 4.00. The molecule has 0 radical (unpaired) electrons. The monoisotopic (exact) mass is 414 g/mol. The number of alkyl halides is 2. The second kappa shape index (κ2) is 7.08. The van der Waals surface area contributed by atoms with E-state index in [1.165, 1.54) is 12.4 Å². The third-order valence-electron chi connectivity index (χ3n) is 5.47. The quantitative estimate of drug-likeness (QED) is 0.548. The Morgan fingerprint density at radius 1 is 1.27 bits per heavy atom. The first-order valence-electron chi connectivity index (χ1n) is 9.61. The smallest absolute Gasteiger partial charge is 0.333 e. The molecule has 1 saturated heterocycles. The van der Waals surface area contributed by atoms with Crippen molar-refractivity contribution < 1.29 is 13.5 Å². The van der Waals surface area contributed by atoms with Crippen LogP contribution in [0.3, 0.4) is 0 Å². The molecule has 0 aliphatic carbocycles. The molecule has 1 fully saturated rings. The molecule has 156 valence electrons. The standard InChI is InChI=1S/C19H20F2N8O/c1-30-14-6-2-5-13-15(14)24-19(22)29-17(13)25-16(26-29)11-4-3-7-27(9-11)12-8-23-28(10-12)18(20)21/h2,5-6,8,10-11,18H,3-4,7,9H2,1H3,(H2,22,24)/t11-/m1/s1. The lowest BCUT2D eigenvalue weighted by molar-refractivity contribution is 0.0566. The van der Waals surface area contributed by atoms with Crippen molar-refractivity contribution in [2.75, 3.05) is 30.8 Å². The molecular weight excluding hydrogens is 394 g/mol. The molecule has 1 aromatic carbocycles. The molecular formula is C19H20F2N8O. The van der Waals surface area contributed by atoms with E-state index in [0.717, 1.165) is 24.8 Å². The minimum atomic E-state index is -2.65. The number of rotatable bonds is 4. The molecule has 1 aliphatic rings. The lowest BCUT2D eigenvalue weighted by Crippen LogP contribution is -2.34.